The van der Waals surface area contributed by atoms with Gasteiger partial charge in [0.05, 0.1) is 23.1 Å². The van der Waals surface area contributed by atoms with Gasteiger partial charge in [0, 0.05) is 22.6 Å². The number of anilines is 1. The molecule has 1 aromatic heterocycles. The van der Waals surface area contributed by atoms with E-state index >= 15 is 0 Å². The Morgan fingerprint density at radius 1 is 1.11 bits per heavy atom. The lowest BCUT2D eigenvalue weighted by Crippen LogP contribution is -2.42. The van der Waals surface area contributed by atoms with E-state index in [2.05, 4.69) is 45.0 Å². The lowest BCUT2D eigenvalue weighted by Gasteiger charge is -2.43. The molecule has 0 fully saturated rings. The highest BCUT2D eigenvalue weighted by molar-refractivity contribution is 7.16. The first kappa shape index (κ1) is 23.4. The van der Waals surface area contributed by atoms with Gasteiger partial charge in [-0.15, -0.1) is 11.3 Å². The molecule has 3 aliphatic rings. The minimum atomic E-state index is -0.485. The molecule has 6 heteroatoms. The Balaban J connectivity index is 1.77. The zero-order valence-electron chi connectivity index (χ0n) is 20.6. The highest BCUT2D eigenvalue weighted by Gasteiger charge is 2.45. The Hall–Kier alpha value is -3.35. The van der Waals surface area contributed by atoms with Crippen LogP contribution in [0.5, 0.6) is 0 Å². The van der Waals surface area contributed by atoms with E-state index in [9.17, 15) is 15.3 Å². The van der Waals surface area contributed by atoms with Gasteiger partial charge in [-0.05, 0) is 60.6 Å². The summed E-state index contributed by atoms with van der Waals surface area (Å²) in [4.78, 5) is 16.9. The van der Waals surface area contributed by atoms with Crippen LogP contribution in [0.3, 0.4) is 0 Å². The maximum atomic E-state index is 13.7. The van der Waals surface area contributed by atoms with Gasteiger partial charge in [0.15, 0.2) is 5.78 Å². The second kappa shape index (κ2) is 8.70. The molecule has 0 saturated heterocycles. The van der Waals surface area contributed by atoms with Gasteiger partial charge in [-0.3, -0.25) is 9.69 Å². The van der Waals surface area contributed by atoms with E-state index in [1.807, 2.05) is 17.0 Å². The number of aryl methyl sites for hydroxylation is 2. The predicted molar refractivity (Wildman–Crippen MR) is 139 cm³/mol. The number of rotatable bonds is 3. The first-order valence-electron chi connectivity index (χ1n) is 12.4. The molecule has 0 spiro atoms. The number of benzene rings is 1. The number of hydrogen-bond acceptors (Lipinski definition) is 6. The fraction of sp³-hybridized carbons (Fsp3) is 0.414. The number of hydrogen-bond donors (Lipinski definition) is 1. The van der Waals surface area contributed by atoms with Gasteiger partial charge in [0.25, 0.3) is 0 Å². The summed E-state index contributed by atoms with van der Waals surface area (Å²) in [5.74, 6) is -0.0804. The van der Waals surface area contributed by atoms with Crippen molar-refractivity contribution >= 4 is 22.1 Å². The van der Waals surface area contributed by atoms with Crippen molar-refractivity contribution in [1.82, 2.24) is 0 Å². The van der Waals surface area contributed by atoms with Gasteiger partial charge in [-0.2, -0.15) is 10.5 Å². The van der Waals surface area contributed by atoms with Gasteiger partial charge in [-0.1, -0.05) is 45.0 Å². The Bertz CT molecular complexity index is 1360. The Labute approximate surface area is 211 Å². The largest absolute Gasteiger partial charge is 0.384 e. The Morgan fingerprint density at radius 3 is 2.49 bits per heavy atom. The summed E-state index contributed by atoms with van der Waals surface area (Å²) in [6.07, 6.45) is 6.03. The predicted octanol–water partition coefficient (Wildman–Crippen LogP) is 6.00. The molecule has 35 heavy (non-hydrogen) atoms. The third-order valence-electron chi connectivity index (χ3n) is 7.57. The molecule has 1 aromatic carbocycles. The zero-order valence-corrected chi connectivity index (χ0v) is 21.4. The van der Waals surface area contributed by atoms with Crippen LogP contribution in [0.4, 0.5) is 5.00 Å². The monoisotopic (exact) mass is 482 g/mol. The van der Waals surface area contributed by atoms with Crippen LogP contribution in [0.1, 0.15) is 79.5 Å². The Kier molecular flexibility index (Phi) is 5.82. The molecular weight excluding hydrogens is 452 g/mol. The second-order valence-corrected chi connectivity index (χ2v) is 11.7. The van der Waals surface area contributed by atoms with E-state index < -0.39 is 5.92 Å². The van der Waals surface area contributed by atoms with Crippen LogP contribution in [0, 0.1) is 28.1 Å². The fourth-order valence-corrected chi connectivity index (χ4v) is 7.22. The van der Waals surface area contributed by atoms with Crippen molar-refractivity contribution in [2.24, 2.45) is 11.1 Å². The van der Waals surface area contributed by atoms with E-state index in [1.54, 1.807) is 11.3 Å². The first-order chi connectivity index (χ1) is 16.8. The van der Waals surface area contributed by atoms with Crippen LogP contribution < -0.4 is 10.6 Å². The summed E-state index contributed by atoms with van der Waals surface area (Å²) in [6.45, 7) is 6.30. The van der Waals surface area contributed by atoms with E-state index in [0.717, 1.165) is 53.9 Å². The average molecular weight is 483 g/mol. The first-order valence-corrected chi connectivity index (χ1v) is 13.2. The van der Waals surface area contributed by atoms with Gasteiger partial charge in [0.2, 0.25) is 0 Å². The SMILES string of the molecule is CCc1ccc([C@H]2C(C#N)=C(N)N(c3sc4c(c3C#N)CCCC4)C3=C2C(=O)CC(C)(C)C3)cc1. The maximum absolute atomic E-state index is 13.7. The van der Waals surface area contributed by atoms with Crippen molar-refractivity contribution in [2.45, 2.75) is 71.6 Å². The number of fused-ring (bicyclic) bond motifs is 1. The molecule has 0 radical (unpaired) electrons. The molecule has 2 aromatic rings. The molecule has 2 N–H and O–H groups in total. The van der Waals surface area contributed by atoms with Crippen LogP contribution in [-0.2, 0) is 24.1 Å². The molecule has 0 saturated carbocycles. The van der Waals surface area contributed by atoms with Crippen LogP contribution in [-0.4, -0.2) is 5.78 Å². The van der Waals surface area contributed by atoms with Gasteiger partial charge in [-0.25, -0.2) is 0 Å². The van der Waals surface area contributed by atoms with Crippen LogP contribution in [0.25, 0.3) is 0 Å². The second-order valence-electron chi connectivity index (χ2n) is 10.6. The molecule has 1 aliphatic heterocycles. The zero-order chi connectivity index (χ0) is 24.9. The van der Waals surface area contributed by atoms with Crippen LogP contribution >= 0.6 is 11.3 Å². The third-order valence-corrected chi connectivity index (χ3v) is 8.85. The van der Waals surface area contributed by atoms with Gasteiger partial charge in [0.1, 0.15) is 16.9 Å². The van der Waals surface area contributed by atoms with Crippen molar-refractivity contribution in [2.75, 3.05) is 4.90 Å². The number of nitrogens with zero attached hydrogens (tertiary/aromatic N) is 3. The Morgan fingerprint density at radius 2 is 1.83 bits per heavy atom. The number of nitriles is 2. The smallest absolute Gasteiger partial charge is 0.162 e. The number of allylic oxidation sites excluding steroid dienone is 3. The van der Waals surface area contributed by atoms with Crippen molar-refractivity contribution < 1.29 is 4.79 Å². The van der Waals surface area contributed by atoms with Crippen LogP contribution in [0.15, 0.2) is 46.9 Å². The standard InChI is InChI=1S/C29H30N4OS/c1-4-17-9-11-18(12-10-17)25-21(16-31)27(32)33(22-13-29(2,3)14-23(34)26(22)25)28-20(15-30)19-7-5-6-8-24(19)35-28/h9-12,25H,4-8,13-14,32H2,1-3H3/t25-/m0/s1. The van der Waals surface area contributed by atoms with Crippen molar-refractivity contribution in [1.29, 1.82) is 10.5 Å². The van der Waals surface area contributed by atoms with Crippen molar-refractivity contribution in [3.63, 3.8) is 0 Å². The molecule has 0 amide bonds. The molecule has 5 rings (SSSR count). The molecule has 178 valence electrons. The number of ketones is 1. The number of carbonyl (C=O) groups excluding carboxylic acids is 1. The van der Waals surface area contributed by atoms with E-state index in [-0.39, 0.29) is 11.2 Å². The third kappa shape index (κ3) is 3.77. The molecular formula is C29H30N4OS. The lowest BCUT2D eigenvalue weighted by molar-refractivity contribution is -0.118. The van der Waals surface area contributed by atoms with E-state index in [1.165, 1.54) is 10.4 Å². The molecule has 0 bridgehead atoms. The summed E-state index contributed by atoms with van der Waals surface area (Å²) in [6, 6.07) is 13.0. The van der Waals surface area contributed by atoms with E-state index in [4.69, 9.17) is 5.73 Å². The summed E-state index contributed by atoms with van der Waals surface area (Å²) >= 11 is 1.60. The normalized spacial score (nSPS) is 21.3. The number of thiophene rings is 1. The topological polar surface area (TPSA) is 93.9 Å². The minimum Gasteiger partial charge on any atom is -0.384 e. The summed E-state index contributed by atoms with van der Waals surface area (Å²) < 4.78 is 0. The number of Topliss-reactive ketones (excluding diaryl/α,β-unsaturated/α-hetero) is 1. The summed E-state index contributed by atoms with van der Waals surface area (Å²) in [5, 5.41) is 21.2. The van der Waals surface area contributed by atoms with Gasteiger partial charge < -0.3 is 5.73 Å². The van der Waals surface area contributed by atoms with Gasteiger partial charge >= 0.3 is 0 Å². The molecule has 2 aliphatic carbocycles. The fourth-order valence-electron chi connectivity index (χ4n) is 5.84. The summed E-state index contributed by atoms with van der Waals surface area (Å²) in [7, 11) is 0. The molecule has 2 heterocycles. The highest BCUT2D eigenvalue weighted by Crippen LogP contribution is 2.52. The number of carbonyl (C=O) groups is 1. The maximum Gasteiger partial charge on any atom is 0.162 e. The highest BCUT2D eigenvalue weighted by atomic mass is 32.1. The van der Waals surface area contributed by atoms with Crippen molar-refractivity contribution in [3.05, 3.63) is 74.1 Å². The average Bonchev–Trinajstić information content (AvgIpc) is 3.20. The van der Waals surface area contributed by atoms with Crippen LogP contribution in [0.2, 0.25) is 0 Å². The molecule has 0 unspecified atom stereocenters. The minimum absolute atomic E-state index is 0.0610. The van der Waals surface area contributed by atoms with E-state index in [0.29, 0.717) is 35.4 Å². The summed E-state index contributed by atoms with van der Waals surface area (Å²) in [5.41, 5.74) is 12.3. The van der Waals surface area contributed by atoms with Crippen molar-refractivity contribution in [3.8, 4) is 12.1 Å². The molecule has 5 nitrogen and oxygen atoms in total. The lowest BCUT2D eigenvalue weighted by atomic mass is 9.68. The molecule has 1 atom stereocenters. The number of nitrogens with two attached hydrogens (primary N) is 1. The quantitative estimate of drug-likeness (QED) is 0.579.